The lowest BCUT2D eigenvalue weighted by Crippen LogP contribution is -2.06. The number of nitrogens with zero attached hydrogens (tertiary/aromatic N) is 3. The van der Waals surface area contributed by atoms with E-state index in [0.717, 1.165) is 11.8 Å². The van der Waals surface area contributed by atoms with Crippen LogP contribution in [0.15, 0.2) is 30.5 Å². The minimum absolute atomic E-state index is 0.0686. The maximum Gasteiger partial charge on any atom is 0.349 e. The van der Waals surface area contributed by atoms with Gasteiger partial charge in [0, 0.05) is 11.6 Å². The second kappa shape index (κ2) is 6.85. The summed E-state index contributed by atoms with van der Waals surface area (Å²) in [5.74, 6) is 0.218. The van der Waals surface area contributed by atoms with E-state index in [4.69, 9.17) is 16.3 Å². The Morgan fingerprint density at radius 3 is 2.71 bits per heavy atom. The Labute approximate surface area is 126 Å². The van der Waals surface area contributed by atoms with Crippen LogP contribution in [-0.4, -0.2) is 21.4 Å². The summed E-state index contributed by atoms with van der Waals surface area (Å²) in [5.41, 5.74) is 0.558. The lowest BCUT2D eigenvalue weighted by atomic mass is 10.2. The van der Waals surface area contributed by atoms with Gasteiger partial charge in [-0.1, -0.05) is 23.7 Å². The van der Waals surface area contributed by atoms with Gasteiger partial charge in [-0.15, -0.1) is 0 Å². The molecule has 2 rings (SSSR count). The Morgan fingerprint density at radius 1 is 1.38 bits per heavy atom. The highest BCUT2D eigenvalue weighted by molar-refractivity contribution is 6.30. The molecule has 8 heteroatoms. The van der Waals surface area contributed by atoms with Crippen molar-refractivity contribution >= 4 is 23.2 Å². The van der Waals surface area contributed by atoms with Crippen molar-refractivity contribution in [3.8, 4) is 5.88 Å². The first kappa shape index (κ1) is 15.0. The molecule has 2 aromatic rings. The van der Waals surface area contributed by atoms with E-state index in [1.54, 1.807) is 24.3 Å². The largest absolute Gasteiger partial charge is 0.468 e. The third-order valence-corrected chi connectivity index (χ3v) is 2.81. The Morgan fingerprint density at radius 2 is 2.10 bits per heavy atom. The molecule has 0 atom stereocenters. The number of aromatic nitrogens is 2. The number of nitro groups is 1. The first-order valence-corrected chi connectivity index (χ1v) is 6.60. The first-order chi connectivity index (χ1) is 10.1. The molecule has 7 nitrogen and oxygen atoms in total. The van der Waals surface area contributed by atoms with Gasteiger partial charge in [0.25, 0.3) is 5.88 Å². The molecule has 1 aromatic heterocycles. The summed E-state index contributed by atoms with van der Waals surface area (Å²) in [5, 5.41) is 14.4. The van der Waals surface area contributed by atoms with Crippen LogP contribution in [-0.2, 0) is 6.61 Å². The van der Waals surface area contributed by atoms with E-state index in [-0.39, 0.29) is 24.1 Å². The van der Waals surface area contributed by atoms with Crippen molar-refractivity contribution in [3.05, 3.63) is 51.2 Å². The Balaban J connectivity index is 2.18. The highest BCUT2D eigenvalue weighted by atomic mass is 35.5. The van der Waals surface area contributed by atoms with E-state index in [1.165, 1.54) is 0 Å². The van der Waals surface area contributed by atoms with Crippen molar-refractivity contribution in [2.45, 2.75) is 13.5 Å². The zero-order valence-corrected chi connectivity index (χ0v) is 12.0. The highest BCUT2D eigenvalue weighted by Crippen LogP contribution is 2.25. The predicted molar refractivity (Wildman–Crippen MR) is 78.6 cm³/mol. The van der Waals surface area contributed by atoms with E-state index < -0.39 is 4.92 Å². The maximum atomic E-state index is 11.0. The highest BCUT2D eigenvalue weighted by Gasteiger charge is 2.18. The Hall–Kier alpha value is -2.41. The third-order valence-electron chi connectivity index (χ3n) is 2.56. The molecule has 0 saturated carbocycles. The smallest absolute Gasteiger partial charge is 0.349 e. The van der Waals surface area contributed by atoms with Crippen molar-refractivity contribution in [2.24, 2.45) is 0 Å². The van der Waals surface area contributed by atoms with E-state index in [1.807, 2.05) is 6.92 Å². The Bertz CT molecular complexity index is 634. The van der Waals surface area contributed by atoms with Crippen LogP contribution in [0, 0.1) is 10.1 Å². The zero-order valence-electron chi connectivity index (χ0n) is 11.2. The van der Waals surface area contributed by atoms with Crippen LogP contribution < -0.4 is 10.1 Å². The average Bonchev–Trinajstić information content (AvgIpc) is 2.47. The number of ether oxygens (including phenoxy) is 1. The quantitative estimate of drug-likeness (QED) is 0.651. The van der Waals surface area contributed by atoms with Crippen molar-refractivity contribution in [1.82, 2.24) is 9.97 Å². The Kier molecular flexibility index (Phi) is 4.89. The summed E-state index contributed by atoms with van der Waals surface area (Å²) in [6.07, 6.45) is 1.13. The molecule has 21 heavy (non-hydrogen) atoms. The molecule has 0 aliphatic rings. The summed E-state index contributed by atoms with van der Waals surface area (Å²) in [7, 11) is 0. The number of hydrogen-bond acceptors (Lipinski definition) is 6. The van der Waals surface area contributed by atoms with Crippen molar-refractivity contribution in [2.75, 3.05) is 11.9 Å². The van der Waals surface area contributed by atoms with Gasteiger partial charge in [0.1, 0.15) is 12.8 Å². The van der Waals surface area contributed by atoms with Crippen molar-refractivity contribution in [1.29, 1.82) is 0 Å². The molecule has 110 valence electrons. The fraction of sp³-hybridized carbons (Fsp3) is 0.231. The third kappa shape index (κ3) is 4.03. The lowest BCUT2D eigenvalue weighted by molar-refractivity contribution is -0.386. The summed E-state index contributed by atoms with van der Waals surface area (Å²) in [4.78, 5) is 18.2. The molecule has 0 bridgehead atoms. The molecule has 0 radical (unpaired) electrons. The van der Waals surface area contributed by atoms with Gasteiger partial charge in [0.05, 0.1) is 4.92 Å². The van der Waals surface area contributed by atoms with Gasteiger partial charge >= 0.3 is 5.69 Å². The number of nitrogens with one attached hydrogen (secondary N) is 1. The van der Waals surface area contributed by atoms with Crippen LogP contribution >= 0.6 is 11.6 Å². The molecule has 0 unspecified atom stereocenters. The van der Waals surface area contributed by atoms with Crippen molar-refractivity contribution in [3.63, 3.8) is 0 Å². The second-order valence-corrected chi connectivity index (χ2v) is 4.52. The molecule has 1 N–H and O–H groups in total. The first-order valence-electron chi connectivity index (χ1n) is 6.22. The SMILES string of the molecule is CCNc1ncc([N+](=O)[O-])c(OCc2ccc(Cl)cc2)n1. The number of rotatable bonds is 6. The van der Waals surface area contributed by atoms with Crippen molar-refractivity contribution < 1.29 is 9.66 Å². The molecular formula is C13H13ClN4O3. The molecular weight excluding hydrogens is 296 g/mol. The minimum Gasteiger partial charge on any atom is -0.468 e. The predicted octanol–water partition coefficient (Wildman–Crippen LogP) is 3.05. The molecule has 1 aromatic carbocycles. The van der Waals surface area contributed by atoms with E-state index in [2.05, 4.69) is 15.3 Å². The van der Waals surface area contributed by atoms with Gasteiger partial charge in [-0.2, -0.15) is 4.98 Å². The van der Waals surface area contributed by atoms with Gasteiger partial charge in [0.15, 0.2) is 0 Å². The standard InChI is InChI=1S/C13H13ClN4O3/c1-2-15-13-16-7-11(18(19)20)12(17-13)21-8-9-3-5-10(14)6-4-9/h3-7H,2,8H2,1H3,(H,15,16,17). The topological polar surface area (TPSA) is 90.2 Å². The van der Waals surface area contributed by atoms with Gasteiger partial charge < -0.3 is 10.1 Å². The molecule has 0 amide bonds. The van der Waals surface area contributed by atoms with Crippen LogP contribution in [0.2, 0.25) is 5.02 Å². The van der Waals surface area contributed by atoms with E-state index >= 15 is 0 Å². The van der Waals surface area contributed by atoms with Crippen LogP contribution in [0.4, 0.5) is 11.6 Å². The van der Waals surface area contributed by atoms with Gasteiger partial charge in [-0.3, -0.25) is 10.1 Å². The number of anilines is 1. The molecule has 0 aliphatic carbocycles. The number of benzene rings is 1. The maximum absolute atomic E-state index is 11.0. The number of hydrogen-bond donors (Lipinski definition) is 1. The summed E-state index contributed by atoms with van der Waals surface area (Å²) in [6, 6.07) is 7.00. The normalized spacial score (nSPS) is 10.2. The van der Waals surface area contributed by atoms with Gasteiger partial charge in [-0.05, 0) is 24.6 Å². The summed E-state index contributed by atoms with van der Waals surface area (Å²) >= 11 is 5.79. The van der Waals surface area contributed by atoms with Crippen LogP contribution in [0.5, 0.6) is 5.88 Å². The van der Waals surface area contributed by atoms with Crippen LogP contribution in [0.3, 0.4) is 0 Å². The fourth-order valence-corrected chi connectivity index (χ4v) is 1.69. The van der Waals surface area contributed by atoms with Gasteiger partial charge in [0.2, 0.25) is 5.95 Å². The second-order valence-electron chi connectivity index (χ2n) is 4.09. The molecule has 0 spiro atoms. The van der Waals surface area contributed by atoms with Gasteiger partial charge in [-0.25, -0.2) is 4.98 Å². The summed E-state index contributed by atoms with van der Waals surface area (Å²) in [6.45, 7) is 2.63. The average molecular weight is 309 g/mol. The van der Waals surface area contributed by atoms with Crippen LogP contribution in [0.25, 0.3) is 0 Å². The molecule has 1 heterocycles. The van der Waals surface area contributed by atoms with E-state index in [0.29, 0.717) is 11.6 Å². The number of halogens is 1. The van der Waals surface area contributed by atoms with Crippen LogP contribution in [0.1, 0.15) is 12.5 Å². The fourth-order valence-electron chi connectivity index (χ4n) is 1.57. The monoisotopic (exact) mass is 308 g/mol. The molecule has 0 aliphatic heterocycles. The summed E-state index contributed by atoms with van der Waals surface area (Å²) < 4.78 is 5.44. The molecule has 0 fully saturated rings. The minimum atomic E-state index is -0.576. The molecule has 0 saturated heterocycles. The lowest BCUT2D eigenvalue weighted by Gasteiger charge is -2.07. The van der Waals surface area contributed by atoms with E-state index in [9.17, 15) is 10.1 Å². The zero-order chi connectivity index (χ0) is 15.2.